The van der Waals surface area contributed by atoms with Crippen molar-refractivity contribution < 1.29 is 0 Å². The van der Waals surface area contributed by atoms with Gasteiger partial charge in [-0.1, -0.05) is 18.2 Å². The van der Waals surface area contributed by atoms with E-state index in [1.165, 1.54) is 39.9 Å². The first-order chi connectivity index (χ1) is 11.4. The largest absolute Gasteiger partial charge is 0.390 e. The highest BCUT2D eigenvalue weighted by Crippen LogP contribution is 2.29. The molecule has 4 rings (SSSR count). The molecule has 0 unspecified atom stereocenters. The van der Waals surface area contributed by atoms with Crippen LogP contribution in [0.15, 0.2) is 58.6 Å². The predicted molar refractivity (Wildman–Crippen MR) is 97.3 cm³/mol. The molecule has 3 N–H and O–H groups in total. The van der Waals surface area contributed by atoms with Crippen molar-refractivity contribution >= 4 is 45.4 Å². The molecule has 23 heavy (non-hydrogen) atoms. The lowest BCUT2D eigenvalue weighted by atomic mass is 10.1. The summed E-state index contributed by atoms with van der Waals surface area (Å²) in [5.74, 6) is 0. The molecule has 0 saturated heterocycles. The number of rotatable bonds is 4. The van der Waals surface area contributed by atoms with Gasteiger partial charge in [-0.25, -0.2) is 4.99 Å². The number of aromatic amines is 1. The number of aliphatic imine (C=N–C) groups is 2. The van der Waals surface area contributed by atoms with Crippen LogP contribution in [0.4, 0.5) is 0 Å². The van der Waals surface area contributed by atoms with Gasteiger partial charge >= 0.3 is 0 Å². The van der Waals surface area contributed by atoms with Crippen molar-refractivity contribution in [3.05, 3.63) is 48.7 Å². The Morgan fingerprint density at radius 3 is 2.91 bits per heavy atom. The van der Waals surface area contributed by atoms with E-state index in [9.17, 15) is 0 Å². The molecule has 2 heterocycles. The van der Waals surface area contributed by atoms with Crippen LogP contribution in [0.25, 0.3) is 32.7 Å². The molecule has 0 radical (unpaired) electrons. The van der Waals surface area contributed by atoms with E-state index in [1.54, 1.807) is 0 Å². The van der Waals surface area contributed by atoms with Crippen molar-refractivity contribution in [3.8, 4) is 0 Å². The third-order valence-corrected chi connectivity index (χ3v) is 4.10. The maximum Gasteiger partial charge on any atom is 0.111 e. The van der Waals surface area contributed by atoms with Gasteiger partial charge in [-0.2, -0.15) is 0 Å². The molecule has 0 amide bonds. The zero-order chi connectivity index (χ0) is 15.6. The molecule has 0 aliphatic rings. The minimum absolute atomic E-state index is 0.672. The van der Waals surface area contributed by atoms with E-state index in [2.05, 4.69) is 68.2 Å². The number of benzene rings is 2. The molecule has 0 aliphatic heterocycles. The third kappa shape index (κ3) is 2.36. The fourth-order valence-electron chi connectivity index (χ4n) is 3.04. The minimum Gasteiger partial charge on any atom is -0.390 e. The first-order valence-corrected chi connectivity index (χ1v) is 7.58. The molecule has 114 valence electrons. The molecule has 2 aromatic heterocycles. The molecule has 4 aromatic rings. The number of para-hydroxylation sites is 1. The van der Waals surface area contributed by atoms with Crippen LogP contribution in [0.2, 0.25) is 0 Å². The normalized spacial score (nSPS) is 12.5. The van der Waals surface area contributed by atoms with Gasteiger partial charge in [-0.05, 0) is 24.3 Å². The van der Waals surface area contributed by atoms with Crippen molar-refractivity contribution in [1.82, 2.24) is 9.55 Å². The first-order valence-electron chi connectivity index (χ1n) is 7.58. The highest BCUT2D eigenvalue weighted by molar-refractivity contribution is 6.11. The summed E-state index contributed by atoms with van der Waals surface area (Å²) in [5, 5.41) is 3.77. The predicted octanol–water partition coefficient (Wildman–Crippen LogP) is 3.29. The molecule has 5 nitrogen and oxygen atoms in total. The van der Waals surface area contributed by atoms with Crippen LogP contribution in [-0.2, 0) is 6.54 Å². The molecule has 0 aliphatic carbocycles. The van der Waals surface area contributed by atoms with E-state index in [4.69, 9.17) is 5.73 Å². The van der Waals surface area contributed by atoms with Crippen molar-refractivity contribution in [2.75, 3.05) is 6.54 Å². The van der Waals surface area contributed by atoms with Crippen LogP contribution in [0, 0.1) is 0 Å². The van der Waals surface area contributed by atoms with Crippen LogP contribution < -0.4 is 5.73 Å². The number of nitrogens with one attached hydrogen (secondary N) is 1. The zero-order valence-electron chi connectivity index (χ0n) is 12.6. The SMILES string of the molecule is NC=NC=NCCn1ccc2cc3c(cc21)[nH]c1ccccc13. The molecular weight excluding hydrogens is 286 g/mol. The fourth-order valence-corrected chi connectivity index (χ4v) is 3.04. The second-order valence-corrected chi connectivity index (χ2v) is 5.46. The van der Waals surface area contributed by atoms with Gasteiger partial charge in [0.25, 0.3) is 0 Å². The second kappa shape index (κ2) is 5.61. The number of fused-ring (bicyclic) bond motifs is 4. The number of H-pyrrole nitrogens is 1. The monoisotopic (exact) mass is 303 g/mol. The number of nitrogens with two attached hydrogens (primary N) is 1. The average Bonchev–Trinajstić information content (AvgIpc) is 3.13. The highest BCUT2D eigenvalue weighted by atomic mass is 15.0. The summed E-state index contributed by atoms with van der Waals surface area (Å²) in [6, 6.07) is 15.0. The van der Waals surface area contributed by atoms with Crippen LogP contribution in [0.5, 0.6) is 0 Å². The molecule has 0 spiro atoms. The highest BCUT2D eigenvalue weighted by Gasteiger charge is 2.07. The van der Waals surface area contributed by atoms with Crippen molar-refractivity contribution in [2.45, 2.75) is 6.54 Å². The van der Waals surface area contributed by atoms with Gasteiger partial charge in [0, 0.05) is 39.9 Å². The van der Waals surface area contributed by atoms with Gasteiger partial charge in [-0.3, -0.25) is 4.99 Å². The Morgan fingerprint density at radius 1 is 1.09 bits per heavy atom. The molecule has 5 heteroatoms. The molecule has 0 atom stereocenters. The summed E-state index contributed by atoms with van der Waals surface area (Å²) in [7, 11) is 0. The standard InChI is InChI=1S/C18H17N5/c19-11-21-12-20-6-8-23-7-5-13-9-15-14-3-1-2-4-16(14)22-17(15)10-18(13)23/h1-5,7,9-12,22H,6,8H2,(H2,19,20,21). The van der Waals surface area contributed by atoms with E-state index in [-0.39, 0.29) is 0 Å². The third-order valence-electron chi connectivity index (χ3n) is 4.10. The lowest BCUT2D eigenvalue weighted by Crippen LogP contribution is -1.99. The van der Waals surface area contributed by atoms with E-state index in [0.29, 0.717) is 6.54 Å². The summed E-state index contributed by atoms with van der Waals surface area (Å²) < 4.78 is 2.21. The Morgan fingerprint density at radius 2 is 2.00 bits per heavy atom. The van der Waals surface area contributed by atoms with Crippen LogP contribution in [0.1, 0.15) is 0 Å². The molecule has 0 bridgehead atoms. The van der Waals surface area contributed by atoms with Crippen molar-refractivity contribution in [2.24, 2.45) is 15.7 Å². The Balaban J connectivity index is 1.75. The lowest BCUT2D eigenvalue weighted by Gasteiger charge is -2.03. The summed E-state index contributed by atoms with van der Waals surface area (Å²) in [6.45, 7) is 1.48. The van der Waals surface area contributed by atoms with Gasteiger partial charge in [0.05, 0.1) is 18.4 Å². The maximum absolute atomic E-state index is 5.17. The Kier molecular flexibility index (Phi) is 3.31. The quantitative estimate of drug-likeness (QED) is 0.441. The Bertz CT molecular complexity index is 1040. The Labute approximate surface area is 133 Å². The van der Waals surface area contributed by atoms with E-state index in [1.807, 2.05) is 0 Å². The van der Waals surface area contributed by atoms with E-state index >= 15 is 0 Å². The first kappa shape index (κ1) is 13.6. The van der Waals surface area contributed by atoms with E-state index < -0.39 is 0 Å². The molecule has 0 saturated carbocycles. The smallest absolute Gasteiger partial charge is 0.111 e. The van der Waals surface area contributed by atoms with Gasteiger partial charge in [-0.15, -0.1) is 0 Å². The van der Waals surface area contributed by atoms with Gasteiger partial charge in [0.15, 0.2) is 0 Å². The number of hydrogen-bond acceptors (Lipinski definition) is 1. The zero-order valence-corrected chi connectivity index (χ0v) is 12.6. The van der Waals surface area contributed by atoms with Gasteiger partial charge in [0.1, 0.15) is 6.34 Å². The number of hydrogen-bond donors (Lipinski definition) is 2. The topological polar surface area (TPSA) is 71.5 Å². The average molecular weight is 303 g/mol. The summed E-state index contributed by atoms with van der Waals surface area (Å²) in [6.07, 6.45) is 4.83. The number of aromatic nitrogens is 2. The van der Waals surface area contributed by atoms with Crippen molar-refractivity contribution in [3.63, 3.8) is 0 Å². The number of nitrogens with zero attached hydrogens (tertiary/aromatic N) is 3. The van der Waals surface area contributed by atoms with Crippen molar-refractivity contribution in [1.29, 1.82) is 0 Å². The van der Waals surface area contributed by atoms with Crippen LogP contribution >= 0.6 is 0 Å². The molecular formula is C18H17N5. The van der Waals surface area contributed by atoms with Crippen LogP contribution in [-0.4, -0.2) is 28.8 Å². The molecule has 2 aromatic carbocycles. The summed E-state index contributed by atoms with van der Waals surface area (Å²) >= 11 is 0. The summed E-state index contributed by atoms with van der Waals surface area (Å²) in [4.78, 5) is 11.5. The van der Waals surface area contributed by atoms with Gasteiger partial charge in [0.2, 0.25) is 0 Å². The maximum atomic E-state index is 5.17. The van der Waals surface area contributed by atoms with Gasteiger partial charge < -0.3 is 15.3 Å². The fraction of sp³-hybridized carbons (Fsp3) is 0.111. The minimum atomic E-state index is 0.672. The summed E-state index contributed by atoms with van der Waals surface area (Å²) in [5.41, 5.74) is 8.72. The van der Waals surface area contributed by atoms with E-state index in [0.717, 1.165) is 12.1 Å². The lowest BCUT2D eigenvalue weighted by molar-refractivity contribution is 0.738. The molecule has 0 fully saturated rings. The Hall–Kier alpha value is -3.08. The second-order valence-electron chi connectivity index (χ2n) is 5.46. The van der Waals surface area contributed by atoms with Crippen LogP contribution in [0.3, 0.4) is 0 Å².